The number of aromatic amines is 1. The van der Waals surface area contributed by atoms with Gasteiger partial charge in [-0.25, -0.2) is 27.2 Å². The first-order valence-electron chi connectivity index (χ1n) is 10.5. The number of benzene rings is 1. The van der Waals surface area contributed by atoms with Crippen LogP contribution in [0.5, 0.6) is 0 Å². The first-order chi connectivity index (χ1) is 16.2. The van der Waals surface area contributed by atoms with Gasteiger partial charge in [0.15, 0.2) is 17.3 Å². The second-order valence-corrected chi connectivity index (χ2v) is 8.19. The fraction of sp³-hybridized carbons (Fsp3) is 0.273. The third-order valence-electron chi connectivity index (χ3n) is 5.79. The summed E-state index contributed by atoms with van der Waals surface area (Å²) in [6.45, 7) is 2.26. The van der Waals surface area contributed by atoms with Crippen molar-refractivity contribution in [2.24, 2.45) is 0 Å². The topological polar surface area (TPSA) is 91.7 Å². The molecule has 1 saturated heterocycles. The first-order valence-corrected chi connectivity index (χ1v) is 10.5. The lowest BCUT2D eigenvalue weighted by Gasteiger charge is -2.33. The molecule has 0 bridgehead atoms. The summed E-state index contributed by atoms with van der Waals surface area (Å²) in [4.78, 5) is 21.6. The number of hydrogen-bond donors (Lipinski definition) is 2. The van der Waals surface area contributed by atoms with E-state index < -0.39 is 23.5 Å². The Hall–Kier alpha value is -3.96. The van der Waals surface area contributed by atoms with Crippen LogP contribution in [-0.2, 0) is 0 Å². The number of nitrogens with one attached hydrogen (secondary N) is 2. The molecule has 0 radical (unpaired) electrons. The Morgan fingerprint density at radius 3 is 2.62 bits per heavy atom. The maximum atomic E-state index is 13.6. The fourth-order valence-corrected chi connectivity index (χ4v) is 3.96. The van der Waals surface area contributed by atoms with Crippen molar-refractivity contribution < 1.29 is 22.4 Å². The van der Waals surface area contributed by atoms with E-state index in [-0.39, 0.29) is 37.3 Å². The maximum absolute atomic E-state index is 13.6. The van der Waals surface area contributed by atoms with Gasteiger partial charge in [0.1, 0.15) is 5.82 Å². The molecule has 0 atom stereocenters. The van der Waals surface area contributed by atoms with Crippen molar-refractivity contribution >= 4 is 28.3 Å². The molecule has 4 aromatic rings. The van der Waals surface area contributed by atoms with Crippen LogP contribution in [0.3, 0.4) is 0 Å². The molecule has 0 spiro atoms. The molecule has 5 rings (SSSR count). The quantitative estimate of drug-likeness (QED) is 0.433. The van der Waals surface area contributed by atoms with Gasteiger partial charge in [-0.2, -0.15) is 0 Å². The van der Waals surface area contributed by atoms with E-state index in [4.69, 9.17) is 0 Å². The summed E-state index contributed by atoms with van der Waals surface area (Å²) in [6.07, 6.45) is 3.93. The molecular weight excluding hydrogens is 454 g/mol. The van der Waals surface area contributed by atoms with E-state index in [0.717, 1.165) is 17.7 Å². The van der Waals surface area contributed by atoms with Gasteiger partial charge in [-0.3, -0.25) is 4.79 Å². The second kappa shape index (κ2) is 8.12. The highest BCUT2D eigenvalue weighted by atomic mass is 19.3. The van der Waals surface area contributed by atoms with Crippen LogP contribution < -0.4 is 10.2 Å². The number of anilines is 2. The molecule has 1 amide bonds. The highest BCUT2D eigenvalue weighted by molar-refractivity contribution is 6.07. The smallest absolute Gasteiger partial charge is 0.277 e. The molecule has 0 saturated carbocycles. The first kappa shape index (κ1) is 21.9. The van der Waals surface area contributed by atoms with Crippen LogP contribution >= 0.6 is 0 Å². The number of halogens is 4. The normalized spacial score (nSPS) is 15.6. The van der Waals surface area contributed by atoms with Gasteiger partial charge in [0.25, 0.3) is 11.8 Å². The van der Waals surface area contributed by atoms with Crippen molar-refractivity contribution in [3.05, 3.63) is 59.7 Å². The third-order valence-corrected chi connectivity index (χ3v) is 5.79. The standard InChI is InChI=1S/C22H19F4N7O/c1-12-6-13(9-28-20(12)32-4-2-22(25,26)3-5-32)33-11-19(30-31-33)21(34)29-18-10-27-17-8-16(24)15(23)7-14(17)18/h6-11,27H,2-5H2,1H3,(H,29,34). The van der Waals surface area contributed by atoms with Crippen LogP contribution in [0.15, 0.2) is 36.8 Å². The highest BCUT2D eigenvalue weighted by Crippen LogP contribution is 2.31. The number of nitrogens with zero attached hydrogens (tertiary/aromatic N) is 5. The predicted molar refractivity (Wildman–Crippen MR) is 116 cm³/mol. The molecule has 1 aliphatic heterocycles. The zero-order valence-corrected chi connectivity index (χ0v) is 17.9. The molecular formula is C22H19F4N7O. The van der Waals surface area contributed by atoms with Crippen LogP contribution in [0.4, 0.5) is 29.1 Å². The molecule has 34 heavy (non-hydrogen) atoms. The molecule has 12 heteroatoms. The maximum Gasteiger partial charge on any atom is 0.277 e. The number of carbonyl (C=O) groups is 1. The van der Waals surface area contributed by atoms with Crippen molar-refractivity contribution in [2.45, 2.75) is 25.7 Å². The summed E-state index contributed by atoms with van der Waals surface area (Å²) in [5, 5.41) is 10.8. The second-order valence-electron chi connectivity index (χ2n) is 8.19. The Labute approximate surface area is 190 Å². The van der Waals surface area contributed by atoms with Crippen molar-refractivity contribution in [2.75, 3.05) is 23.3 Å². The van der Waals surface area contributed by atoms with Gasteiger partial charge in [-0.05, 0) is 24.6 Å². The molecule has 2 N–H and O–H groups in total. The van der Waals surface area contributed by atoms with Crippen molar-refractivity contribution in [3.63, 3.8) is 0 Å². The average Bonchev–Trinajstić information content (AvgIpc) is 3.43. The number of alkyl halides is 2. The van der Waals surface area contributed by atoms with Crippen LogP contribution in [0, 0.1) is 18.6 Å². The zero-order valence-electron chi connectivity index (χ0n) is 17.9. The summed E-state index contributed by atoms with van der Waals surface area (Å²) < 4.78 is 55.3. The monoisotopic (exact) mass is 473 g/mol. The lowest BCUT2D eigenvalue weighted by molar-refractivity contribution is -0.0221. The molecule has 176 valence electrons. The number of aromatic nitrogens is 5. The van der Waals surface area contributed by atoms with Gasteiger partial charge in [-0.15, -0.1) is 5.10 Å². The minimum atomic E-state index is -2.64. The summed E-state index contributed by atoms with van der Waals surface area (Å²) in [7, 11) is 0. The largest absolute Gasteiger partial charge is 0.359 e. The lowest BCUT2D eigenvalue weighted by Crippen LogP contribution is -2.40. The molecule has 0 aliphatic carbocycles. The Kier molecular flexibility index (Phi) is 5.22. The van der Waals surface area contributed by atoms with Gasteiger partial charge in [-0.1, -0.05) is 5.21 Å². The van der Waals surface area contributed by atoms with E-state index in [1.165, 1.54) is 23.3 Å². The third kappa shape index (κ3) is 4.06. The number of amides is 1. The molecule has 0 unspecified atom stereocenters. The zero-order chi connectivity index (χ0) is 24.0. The predicted octanol–water partition coefficient (Wildman–Crippen LogP) is 4.22. The van der Waals surface area contributed by atoms with Gasteiger partial charge in [0.2, 0.25) is 0 Å². The molecule has 1 aromatic carbocycles. The number of H-pyrrole nitrogens is 1. The number of pyridine rings is 1. The summed E-state index contributed by atoms with van der Waals surface area (Å²) in [5.41, 5.74) is 1.91. The van der Waals surface area contributed by atoms with Gasteiger partial charge in [0, 0.05) is 43.6 Å². The fourth-order valence-electron chi connectivity index (χ4n) is 3.96. The van der Waals surface area contributed by atoms with E-state index in [2.05, 4.69) is 25.6 Å². The molecule has 1 fully saturated rings. The highest BCUT2D eigenvalue weighted by Gasteiger charge is 2.34. The number of hydrogen-bond acceptors (Lipinski definition) is 5. The van der Waals surface area contributed by atoms with E-state index >= 15 is 0 Å². The number of aryl methyl sites for hydroxylation is 1. The van der Waals surface area contributed by atoms with Crippen LogP contribution in [0.25, 0.3) is 16.6 Å². The SMILES string of the molecule is Cc1cc(-n2cc(C(=O)Nc3c[nH]c4cc(F)c(F)cc34)nn2)cnc1N1CCC(F)(F)CC1. The minimum absolute atomic E-state index is 0.00285. The summed E-state index contributed by atoms with van der Waals surface area (Å²) >= 11 is 0. The van der Waals surface area contributed by atoms with Gasteiger partial charge in [0.05, 0.1) is 29.3 Å². The summed E-state index contributed by atoms with van der Waals surface area (Å²) in [6, 6.07) is 3.78. The van der Waals surface area contributed by atoms with E-state index in [1.54, 1.807) is 6.07 Å². The van der Waals surface area contributed by atoms with Crippen molar-refractivity contribution in [3.8, 4) is 5.69 Å². The Bertz CT molecular complexity index is 1390. The Morgan fingerprint density at radius 2 is 1.88 bits per heavy atom. The number of piperidine rings is 1. The summed E-state index contributed by atoms with van der Waals surface area (Å²) in [5.74, 6) is -4.63. The number of fused-ring (bicyclic) bond motifs is 1. The molecule has 3 aromatic heterocycles. The van der Waals surface area contributed by atoms with Crippen LogP contribution in [-0.4, -0.2) is 49.9 Å². The van der Waals surface area contributed by atoms with Gasteiger partial charge >= 0.3 is 0 Å². The van der Waals surface area contributed by atoms with Crippen LogP contribution in [0.2, 0.25) is 0 Å². The Balaban J connectivity index is 1.32. The number of carbonyl (C=O) groups excluding carboxylic acids is 1. The van der Waals surface area contributed by atoms with E-state index in [1.807, 2.05) is 11.8 Å². The lowest BCUT2D eigenvalue weighted by atomic mass is 10.1. The number of rotatable bonds is 4. The molecule has 8 nitrogen and oxygen atoms in total. The molecule has 4 heterocycles. The van der Waals surface area contributed by atoms with Gasteiger partial charge < -0.3 is 15.2 Å². The van der Waals surface area contributed by atoms with Crippen LogP contribution in [0.1, 0.15) is 28.9 Å². The minimum Gasteiger partial charge on any atom is -0.359 e. The Morgan fingerprint density at radius 1 is 1.15 bits per heavy atom. The van der Waals surface area contributed by atoms with Crippen molar-refractivity contribution in [1.29, 1.82) is 0 Å². The van der Waals surface area contributed by atoms with E-state index in [9.17, 15) is 22.4 Å². The molecule has 1 aliphatic rings. The van der Waals surface area contributed by atoms with E-state index in [0.29, 0.717) is 22.4 Å². The average molecular weight is 473 g/mol. The van der Waals surface area contributed by atoms with Crippen molar-refractivity contribution in [1.82, 2.24) is 25.0 Å².